The zero-order valence-corrected chi connectivity index (χ0v) is 14.8. The Hall–Kier alpha value is -2.34. The van der Waals surface area contributed by atoms with Crippen molar-refractivity contribution in [2.75, 3.05) is 27.4 Å². The number of rotatable bonds is 5. The van der Waals surface area contributed by atoms with Crippen LogP contribution < -0.4 is 5.32 Å². The highest BCUT2D eigenvalue weighted by atomic mass is 16.6. The lowest BCUT2D eigenvalue weighted by atomic mass is 9.93. The van der Waals surface area contributed by atoms with Gasteiger partial charge in [0.25, 0.3) is 0 Å². The van der Waals surface area contributed by atoms with Crippen LogP contribution in [-0.4, -0.2) is 44.3 Å². The Balaban J connectivity index is 2.40. The Morgan fingerprint density at radius 3 is 2.54 bits per heavy atom. The van der Waals surface area contributed by atoms with Crippen molar-refractivity contribution in [3.05, 3.63) is 46.2 Å². The fourth-order valence-corrected chi connectivity index (χ4v) is 2.59. The normalized spacial score (nSPS) is 17.8. The van der Waals surface area contributed by atoms with Crippen LogP contribution in [0.3, 0.4) is 0 Å². The summed E-state index contributed by atoms with van der Waals surface area (Å²) in [7, 11) is 3.18. The molecule has 0 saturated carbocycles. The fourth-order valence-electron chi connectivity index (χ4n) is 2.59. The second kappa shape index (κ2) is 7.49. The van der Waals surface area contributed by atoms with Crippen molar-refractivity contribution in [3.8, 4) is 0 Å². The third-order valence-corrected chi connectivity index (χ3v) is 4.36. The maximum atomic E-state index is 12.6. The number of esters is 1. The van der Waals surface area contributed by atoms with E-state index in [2.05, 4.69) is 5.32 Å². The van der Waals surface area contributed by atoms with Crippen LogP contribution >= 0.6 is 0 Å². The van der Waals surface area contributed by atoms with Crippen LogP contribution in [0.15, 0.2) is 29.5 Å². The number of aryl methyl sites for hydroxylation is 2. The number of ether oxygens (including phenoxy) is 2. The maximum absolute atomic E-state index is 12.6. The first-order chi connectivity index (χ1) is 11.4. The molecular weight excluding hydrogens is 308 g/mol. The lowest BCUT2D eigenvalue weighted by Crippen LogP contribution is -2.46. The van der Waals surface area contributed by atoms with Gasteiger partial charge >= 0.3 is 12.0 Å². The van der Waals surface area contributed by atoms with Crippen LogP contribution in [0.5, 0.6) is 0 Å². The second-order valence-electron chi connectivity index (χ2n) is 5.91. The minimum atomic E-state index is -0.525. The van der Waals surface area contributed by atoms with Gasteiger partial charge < -0.3 is 19.7 Å². The van der Waals surface area contributed by atoms with Gasteiger partial charge in [-0.2, -0.15) is 0 Å². The van der Waals surface area contributed by atoms with E-state index in [0.29, 0.717) is 17.9 Å². The fraction of sp³-hybridized carbons (Fsp3) is 0.444. The van der Waals surface area contributed by atoms with Gasteiger partial charge in [0.15, 0.2) is 0 Å². The van der Waals surface area contributed by atoms with E-state index in [0.717, 1.165) is 16.7 Å². The highest BCUT2D eigenvalue weighted by Crippen LogP contribution is 2.31. The summed E-state index contributed by atoms with van der Waals surface area (Å²) in [5, 5.41) is 2.88. The van der Waals surface area contributed by atoms with Crippen molar-refractivity contribution < 1.29 is 19.1 Å². The molecule has 0 radical (unpaired) electrons. The number of carbonyl (C=O) groups is 2. The van der Waals surface area contributed by atoms with Crippen LogP contribution in [-0.2, 0) is 14.3 Å². The van der Waals surface area contributed by atoms with Gasteiger partial charge in [0.05, 0.1) is 18.2 Å². The van der Waals surface area contributed by atoms with Crippen LogP contribution in [0.4, 0.5) is 4.79 Å². The molecule has 0 spiro atoms. The zero-order valence-electron chi connectivity index (χ0n) is 14.8. The van der Waals surface area contributed by atoms with Gasteiger partial charge in [0.2, 0.25) is 0 Å². The van der Waals surface area contributed by atoms with Crippen molar-refractivity contribution in [1.82, 2.24) is 10.2 Å². The molecule has 1 aliphatic rings. The molecule has 0 unspecified atom stereocenters. The molecule has 130 valence electrons. The van der Waals surface area contributed by atoms with Crippen LogP contribution in [0.25, 0.3) is 0 Å². The molecule has 1 aromatic rings. The number of carbonyl (C=O) groups excluding carboxylic acids is 2. The van der Waals surface area contributed by atoms with Crippen molar-refractivity contribution >= 4 is 12.0 Å². The number of allylic oxidation sites excluding steroid dienone is 1. The number of amides is 2. The Labute approximate surface area is 142 Å². The molecule has 1 N–H and O–H groups in total. The number of urea groups is 1. The standard InChI is InChI=1S/C18H24N2O4/c1-11-6-7-14(10-12(11)2)16-15(17(21)24-9-8-23-5)13(3)20(4)18(22)19-16/h6-7,10,16H,8-9H2,1-5H3,(H,19,22)/t16-/m1/s1. The van der Waals surface area contributed by atoms with Gasteiger partial charge in [-0.3, -0.25) is 0 Å². The van der Waals surface area contributed by atoms with E-state index in [9.17, 15) is 9.59 Å². The van der Waals surface area contributed by atoms with Gasteiger partial charge in [-0.1, -0.05) is 18.2 Å². The molecule has 0 bridgehead atoms. The van der Waals surface area contributed by atoms with Crippen LogP contribution in [0.1, 0.15) is 29.7 Å². The number of benzene rings is 1. The van der Waals surface area contributed by atoms with Crippen molar-refractivity contribution in [2.24, 2.45) is 0 Å². The highest BCUT2D eigenvalue weighted by Gasteiger charge is 2.35. The summed E-state index contributed by atoms with van der Waals surface area (Å²) in [5.74, 6) is -0.445. The van der Waals surface area contributed by atoms with E-state index in [1.165, 1.54) is 4.90 Å². The molecular formula is C18H24N2O4. The molecule has 1 aromatic carbocycles. The van der Waals surface area contributed by atoms with Gasteiger partial charge in [-0.25, -0.2) is 9.59 Å². The zero-order chi connectivity index (χ0) is 17.9. The first-order valence-electron chi connectivity index (χ1n) is 7.85. The number of hydrogen-bond donors (Lipinski definition) is 1. The lowest BCUT2D eigenvalue weighted by molar-refractivity contribution is -0.140. The van der Waals surface area contributed by atoms with E-state index in [1.807, 2.05) is 32.0 Å². The van der Waals surface area contributed by atoms with E-state index < -0.39 is 12.0 Å². The molecule has 2 amide bonds. The van der Waals surface area contributed by atoms with Crippen LogP contribution in [0, 0.1) is 13.8 Å². The average Bonchev–Trinajstić information content (AvgIpc) is 2.55. The molecule has 1 heterocycles. The lowest BCUT2D eigenvalue weighted by Gasteiger charge is -2.33. The number of hydrogen-bond acceptors (Lipinski definition) is 4. The number of nitrogens with one attached hydrogen (secondary N) is 1. The van der Waals surface area contributed by atoms with E-state index in [-0.39, 0.29) is 12.6 Å². The Bertz CT molecular complexity index is 682. The Morgan fingerprint density at radius 2 is 1.92 bits per heavy atom. The Kier molecular flexibility index (Phi) is 5.62. The minimum absolute atomic E-state index is 0.170. The van der Waals surface area contributed by atoms with Gasteiger partial charge in [-0.15, -0.1) is 0 Å². The van der Waals surface area contributed by atoms with Crippen molar-refractivity contribution in [3.63, 3.8) is 0 Å². The topological polar surface area (TPSA) is 67.9 Å². The summed E-state index contributed by atoms with van der Waals surface area (Å²) in [6.07, 6.45) is 0. The average molecular weight is 332 g/mol. The molecule has 0 aliphatic carbocycles. The molecule has 0 aromatic heterocycles. The van der Waals surface area contributed by atoms with Gasteiger partial charge in [-0.05, 0) is 37.5 Å². The molecule has 6 nitrogen and oxygen atoms in total. The molecule has 0 saturated heterocycles. The number of nitrogens with zero attached hydrogens (tertiary/aromatic N) is 1. The van der Waals surface area contributed by atoms with Crippen molar-refractivity contribution in [1.29, 1.82) is 0 Å². The Morgan fingerprint density at radius 1 is 1.21 bits per heavy atom. The molecule has 2 rings (SSSR count). The minimum Gasteiger partial charge on any atom is -0.460 e. The monoisotopic (exact) mass is 332 g/mol. The van der Waals surface area contributed by atoms with E-state index >= 15 is 0 Å². The van der Waals surface area contributed by atoms with E-state index in [1.54, 1.807) is 21.1 Å². The summed E-state index contributed by atoms with van der Waals surface area (Å²) in [6.45, 7) is 6.27. The second-order valence-corrected chi connectivity index (χ2v) is 5.91. The molecule has 0 fully saturated rings. The molecule has 1 atom stereocenters. The highest BCUT2D eigenvalue weighted by molar-refractivity contribution is 5.95. The van der Waals surface area contributed by atoms with Crippen LogP contribution in [0.2, 0.25) is 0 Å². The first-order valence-corrected chi connectivity index (χ1v) is 7.85. The van der Waals surface area contributed by atoms with Gasteiger partial charge in [0, 0.05) is 19.9 Å². The first kappa shape index (κ1) is 18.0. The summed E-state index contributed by atoms with van der Waals surface area (Å²) in [5.41, 5.74) is 4.15. The van der Waals surface area contributed by atoms with E-state index in [4.69, 9.17) is 9.47 Å². The SMILES string of the molecule is COCCOC(=O)C1=C(C)N(C)C(=O)N[C@@H]1c1ccc(C)c(C)c1. The summed E-state index contributed by atoms with van der Waals surface area (Å²) in [4.78, 5) is 26.2. The largest absolute Gasteiger partial charge is 0.460 e. The predicted molar refractivity (Wildman–Crippen MR) is 90.5 cm³/mol. The molecule has 1 aliphatic heterocycles. The third kappa shape index (κ3) is 3.59. The quantitative estimate of drug-likeness (QED) is 0.664. The van der Waals surface area contributed by atoms with Crippen molar-refractivity contribution in [2.45, 2.75) is 26.8 Å². The molecule has 6 heteroatoms. The predicted octanol–water partition coefficient (Wildman–Crippen LogP) is 2.46. The van der Waals surface area contributed by atoms with Gasteiger partial charge in [0.1, 0.15) is 6.61 Å². The summed E-state index contributed by atoms with van der Waals surface area (Å²) < 4.78 is 10.2. The number of methoxy groups -OCH3 is 1. The molecule has 24 heavy (non-hydrogen) atoms. The maximum Gasteiger partial charge on any atom is 0.338 e. The summed E-state index contributed by atoms with van der Waals surface area (Å²) in [6, 6.07) is 5.13. The smallest absolute Gasteiger partial charge is 0.338 e. The summed E-state index contributed by atoms with van der Waals surface area (Å²) >= 11 is 0. The third-order valence-electron chi connectivity index (χ3n) is 4.36.